The molecule has 0 aliphatic rings. The lowest BCUT2D eigenvalue weighted by Crippen LogP contribution is -2.26. The molecule has 6 heteroatoms. The van der Waals surface area contributed by atoms with E-state index in [0.717, 1.165) is 33.7 Å². The topological polar surface area (TPSA) is 77.5 Å². The van der Waals surface area contributed by atoms with Crippen LogP contribution in [0.4, 0.5) is 0 Å². The number of benzene rings is 2. The van der Waals surface area contributed by atoms with Gasteiger partial charge in [-0.1, -0.05) is 23.4 Å². The summed E-state index contributed by atoms with van der Waals surface area (Å²) in [6.45, 7) is 6.01. The van der Waals surface area contributed by atoms with Gasteiger partial charge in [0.25, 0.3) is 5.91 Å². The molecule has 29 heavy (non-hydrogen) atoms. The maximum atomic E-state index is 12.6. The van der Waals surface area contributed by atoms with E-state index in [0.29, 0.717) is 17.9 Å². The summed E-state index contributed by atoms with van der Waals surface area (Å²) < 4.78 is 16.7. The van der Waals surface area contributed by atoms with Crippen LogP contribution in [-0.4, -0.2) is 11.1 Å². The molecule has 4 rings (SSSR count). The van der Waals surface area contributed by atoms with Gasteiger partial charge in [-0.3, -0.25) is 4.79 Å². The lowest BCUT2D eigenvalue weighted by Gasteiger charge is -2.12. The Morgan fingerprint density at radius 3 is 2.59 bits per heavy atom. The van der Waals surface area contributed by atoms with Gasteiger partial charge in [0.2, 0.25) is 0 Å². The minimum atomic E-state index is -0.245. The van der Waals surface area contributed by atoms with Crippen LogP contribution in [0, 0.1) is 13.8 Å². The fourth-order valence-electron chi connectivity index (χ4n) is 3.13. The van der Waals surface area contributed by atoms with Gasteiger partial charge >= 0.3 is 0 Å². The van der Waals surface area contributed by atoms with Crippen molar-refractivity contribution < 1.29 is 18.5 Å². The molecule has 0 bridgehead atoms. The third kappa shape index (κ3) is 4.01. The molecule has 0 aliphatic heterocycles. The summed E-state index contributed by atoms with van der Waals surface area (Å²) in [6, 6.07) is 16.5. The molecule has 0 aliphatic carbocycles. The number of nitrogens with one attached hydrogen (secondary N) is 1. The van der Waals surface area contributed by atoms with Crippen LogP contribution in [0.1, 0.15) is 46.1 Å². The molecule has 2 heterocycles. The van der Waals surface area contributed by atoms with Gasteiger partial charge in [0.05, 0.1) is 17.3 Å². The molecule has 0 fully saturated rings. The van der Waals surface area contributed by atoms with E-state index in [1.54, 1.807) is 24.3 Å². The molecule has 0 saturated heterocycles. The quantitative estimate of drug-likeness (QED) is 0.495. The number of hydrogen-bond acceptors (Lipinski definition) is 5. The number of furan rings is 1. The number of carbonyl (C=O) groups is 1. The monoisotopic (exact) mass is 390 g/mol. The molecule has 2 aromatic carbocycles. The molecule has 1 unspecified atom stereocenters. The second-order valence-electron chi connectivity index (χ2n) is 7.00. The molecule has 2 aromatic heterocycles. The number of nitrogens with zero attached hydrogens (tertiary/aromatic N) is 1. The zero-order chi connectivity index (χ0) is 20.4. The highest BCUT2D eigenvalue weighted by Gasteiger charge is 2.16. The van der Waals surface area contributed by atoms with Crippen molar-refractivity contribution in [2.45, 2.75) is 33.4 Å². The summed E-state index contributed by atoms with van der Waals surface area (Å²) in [5.74, 6) is 1.97. The minimum Gasteiger partial charge on any atom is -0.489 e. The van der Waals surface area contributed by atoms with E-state index in [1.807, 2.05) is 51.1 Å². The number of carbonyl (C=O) groups excluding carboxylic acids is 1. The highest BCUT2D eigenvalue weighted by molar-refractivity contribution is 5.94. The predicted octanol–water partition coefficient (Wildman–Crippen LogP) is 5.11. The van der Waals surface area contributed by atoms with Crippen LogP contribution in [0.25, 0.3) is 11.0 Å². The highest BCUT2D eigenvalue weighted by atomic mass is 16.5. The van der Waals surface area contributed by atoms with Gasteiger partial charge in [0, 0.05) is 10.9 Å². The van der Waals surface area contributed by atoms with E-state index in [-0.39, 0.29) is 11.9 Å². The van der Waals surface area contributed by atoms with Gasteiger partial charge in [-0.15, -0.1) is 0 Å². The van der Waals surface area contributed by atoms with Crippen molar-refractivity contribution in [2.75, 3.05) is 0 Å². The maximum Gasteiger partial charge on any atom is 0.251 e. The Morgan fingerprint density at radius 1 is 1.14 bits per heavy atom. The number of ether oxygens (including phenoxy) is 1. The number of para-hydroxylation sites is 1. The molecule has 1 amide bonds. The zero-order valence-corrected chi connectivity index (χ0v) is 16.6. The van der Waals surface area contributed by atoms with Gasteiger partial charge < -0.3 is 19.0 Å². The Hall–Kier alpha value is -3.54. The smallest absolute Gasteiger partial charge is 0.251 e. The van der Waals surface area contributed by atoms with Crippen LogP contribution in [0.15, 0.2) is 63.5 Å². The van der Waals surface area contributed by atoms with Gasteiger partial charge in [-0.25, -0.2) is 0 Å². The first-order valence-electron chi connectivity index (χ1n) is 9.45. The third-order valence-electron chi connectivity index (χ3n) is 4.90. The van der Waals surface area contributed by atoms with Gasteiger partial charge in [-0.05, 0) is 57.2 Å². The van der Waals surface area contributed by atoms with Crippen molar-refractivity contribution in [1.82, 2.24) is 10.5 Å². The van der Waals surface area contributed by atoms with Crippen molar-refractivity contribution in [2.24, 2.45) is 0 Å². The average molecular weight is 390 g/mol. The molecule has 0 radical (unpaired) electrons. The number of amides is 1. The van der Waals surface area contributed by atoms with Crippen molar-refractivity contribution in [3.63, 3.8) is 0 Å². The van der Waals surface area contributed by atoms with Crippen molar-refractivity contribution in [3.8, 4) is 5.75 Å². The summed E-state index contributed by atoms with van der Waals surface area (Å²) in [5.41, 5.74) is 3.12. The molecular formula is C23H22N2O4. The van der Waals surface area contributed by atoms with Crippen LogP contribution in [0.2, 0.25) is 0 Å². The maximum absolute atomic E-state index is 12.6. The fraction of sp³-hybridized carbons (Fsp3) is 0.217. The summed E-state index contributed by atoms with van der Waals surface area (Å²) in [7, 11) is 0. The minimum absolute atomic E-state index is 0.171. The summed E-state index contributed by atoms with van der Waals surface area (Å²) >= 11 is 0. The molecular weight excluding hydrogens is 368 g/mol. The first-order chi connectivity index (χ1) is 14.0. The lowest BCUT2D eigenvalue weighted by atomic mass is 10.1. The van der Waals surface area contributed by atoms with Crippen molar-refractivity contribution in [1.29, 1.82) is 0 Å². The van der Waals surface area contributed by atoms with Crippen molar-refractivity contribution >= 4 is 16.9 Å². The molecule has 6 nitrogen and oxygen atoms in total. The third-order valence-corrected chi connectivity index (χ3v) is 4.90. The number of aryl methyl sites for hydroxylation is 2. The van der Waals surface area contributed by atoms with Crippen LogP contribution in [0.3, 0.4) is 0 Å². The number of fused-ring (bicyclic) bond motifs is 1. The van der Waals surface area contributed by atoms with Gasteiger partial charge in [-0.2, -0.15) is 0 Å². The second-order valence-corrected chi connectivity index (χ2v) is 7.00. The van der Waals surface area contributed by atoms with Crippen LogP contribution < -0.4 is 10.1 Å². The number of aromatic nitrogens is 1. The SMILES string of the molecule is Cc1noc(C)c1COc1ccc(C(=O)NC(C)c2cc3ccccc3o2)cc1. The Morgan fingerprint density at radius 2 is 1.90 bits per heavy atom. The normalized spacial score (nSPS) is 12.1. The first kappa shape index (κ1) is 18.8. The second kappa shape index (κ2) is 7.83. The van der Waals surface area contributed by atoms with E-state index in [9.17, 15) is 4.79 Å². The largest absolute Gasteiger partial charge is 0.489 e. The molecule has 148 valence electrons. The van der Waals surface area contributed by atoms with Crippen LogP contribution in [-0.2, 0) is 6.61 Å². The molecule has 1 atom stereocenters. The predicted molar refractivity (Wildman–Crippen MR) is 109 cm³/mol. The standard InChI is InChI=1S/C23H22N2O4/c1-14-20(16(3)29-25-14)13-27-19-10-8-17(9-11-19)23(26)24-15(2)22-12-18-6-4-5-7-21(18)28-22/h4-12,15H,13H2,1-3H3,(H,24,26). The Kier molecular flexibility index (Phi) is 5.08. The summed E-state index contributed by atoms with van der Waals surface area (Å²) in [4.78, 5) is 12.6. The molecule has 0 saturated carbocycles. The van der Waals surface area contributed by atoms with Crippen LogP contribution >= 0.6 is 0 Å². The number of rotatable bonds is 6. The Balaban J connectivity index is 1.38. The first-order valence-corrected chi connectivity index (χ1v) is 9.45. The zero-order valence-electron chi connectivity index (χ0n) is 16.6. The van der Waals surface area contributed by atoms with E-state index in [4.69, 9.17) is 13.7 Å². The Bertz CT molecular complexity index is 1090. The lowest BCUT2D eigenvalue weighted by molar-refractivity contribution is 0.0935. The van der Waals surface area contributed by atoms with Gasteiger partial charge in [0.15, 0.2) is 0 Å². The average Bonchev–Trinajstić information content (AvgIpc) is 3.30. The highest BCUT2D eigenvalue weighted by Crippen LogP contribution is 2.24. The van der Waals surface area contributed by atoms with E-state index < -0.39 is 0 Å². The van der Waals surface area contributed by atoms with E-state index in [2.05, 4.69) is 10.5 Å². The molecule has 1 N–H and O–H groups in total. The molecule has 4 aromatic rings. The Labute approximate surface area is 168 Å². The fourth-order valence-corrected chi connectivity index (χ4v) is 3.13. The number of hydrogen-bond donors (Lipinski definition) is 1. The van der Waals surface area contributed by atoms with E-state index in [1.165, 1.54) is 0 Å². The summed E-state index contributed by atoms with van der Waals surface area (Å²) in [6.07, 6.45) is 0. The summed E-state index contributed by atoms with van der Waals surface area (Å²) in [5, 5.41) is 7.90. The van der Waals surface area contributed by atoms with Gasteiger partial charge in [0.1, 0.15) is 29.5 Å². The van der Waals surface area contributed by atoms with Crippen molar-refractivity contribution in [3.05, 3.63) is 82.9 Å². The van der Waals surface area contributed by atoms with Crippen LogP contribution in [0.5, 0.6) is 5.75 Å². The van der Waals surface area contributed by atoms with E-state index >= 15 is 0 Å². The molecule has 0 spiro atoms.